The third-order valence-corrected chi connectivity index (χ3v) is 2.69. The Morgan fingerprint density at radius 3 is 2.60 bits per heavy atom. The molecule has 0 fully saturated rings. The molecule has 20 heavy (non-hydrogen) atoms. The van der Waals surface area contributed by atoms with E-state index in [9.17, 15) is 9.59 Å². The minimum atomic E-state index is -0.227. The monoisotopic (exact) mass is 269 g/mol. The van der Waals surface area contributed by atoms with Crippen LogP contribution < -0.4 is 10.1 Å². The van der Waals surface area contributed by atoms with E-state index in [1.807, 2.05) is 31.2 Å². The molecule has 0 aliphatic rings. The van der Waals surface area contributed by atoms with Gasteiger partial charge in [-0.25, -0.2) is 0 Å². The van der Waals surface area contributed by atoms with Crippen LogP contribution in [0.25, 0.3) is 0 Å². The molecule has 0 bridgehead atoms. The summed E-state index contributed by atoms with van der Waals surface area (Å²) in [6.07, 6.45) is 0.758. The van der Waals surface area contributed by atoms with Crippen LogP contribution >= 0.6 is 0 Å². The van der Waals surface area contributed by atoms with Crippen molar-refractivity contribution in [3.05, 3.63) is 59.7 Å². The van der Waals surface area contributed by atoms with Gasteiger partial charge in [0.25, 0.3) is 5.91 Å². The molecule has 0 saturated carbocycles. The van der Waals surface area contributed by atoms with Crippen molar-refractivity contribution >= 4 is 17.9 Å². The lowest BCUT2D eigenvalue weighted by molar-refractivity contribution is -0.118. The Morgan fingerprint density at radius 1 is 1.20 bits per heavy atom. The van der Waals surface area contributed by atoms with Crippen LogP contribution in [0.15, 0.2) is 48.5 Å². The first kappa shape index (κ1) is 13.8. The Hall–Kier alpha value is -2.62. The lowest BCUT2D eigenvalue weighted by Gasteiger charge is -2.08. The van der Waals surface area contributed by atoms with Crippen LogP contribution in [0.1, 0.15) is 15.9 Å². The maximum absolute atomic E-state index is 11.7. The van der Waals surface area contributed by atoms with Gasteiger partial charge >= 0.3 is 0 Å². The van der Waals surface area contributed by atoms with Crippen LogP contribution in [-0.4, -0.2) is 18.8 Å². The smallest absolute Gasteiger partial charge is 0.262 e. The second-order valence-corrected chi connectivity index (χ2v) is 4.39. The van der Waals surface area contributed by atoms with Gasteiger partial charge < -0.3 is 10.1 Å². The van der Waals surface area contributed by atoms with Gasteiger partial charge in [0, 0.05) is 11.3 Å². The number of anilines is 1. The molecule has 1 amide bonds. The van der Waals surface area contributed by atoms with E-state index in [-0.39, 0.29) is 12.5 Å². The standard InChI is InChI=1S/C16H15NO3/c1-12-3-2-4-14(9-12)17-16(19)11-20-15-7-5-13(10-18)6-8-15/h2-10H,11H2,1H3,(H,17,19). The summed E-state index contributed by atoms with van der Waals surface area (Å²) in [4.78, 5) is 22.2. The van der Waals surface area contributed by atoms with Gasteiger partial charge in [-0.1, -0.05) is 12.1 Å². The van der Waals surface area contributed by atoms with Crippen molar-refractivity contribution in [2.75, 3.05) is 11.9 Å². The number of hydrogen-bond acceptors (Lipinski definition) is 3. The zero-order chi connectivity index (χ0) is 14.4. The van der Waals surface area contributed by atoms with Crippen molar-refractivity contribution in [3.8, 4) is 5.75 Å². The van der Waals surface area contributed by atoms with E-state index in [0.29, 0.717) is 11.3 Å². The van der Waals surface area contributed by atoms with E-state index in [2.05, 4.69) is 5.32 Å². The number of rotatable bonds is 5. The molecule has 4 heteroatoms. The Bertz CT molecular complexity index is 605. The summed E-state index contributed by atoms with van der Waals surface area (Å²) in [6, 6.07) is 14.1. The van der Waals surface area contributed by atoms with Crippen LogP contribution in [0.4, 0.5) is 5.69 Å². The second-order valence-electron chi connectivity index (χ2n) is 4.39. The van der Waals surface area contributed by atoms with Gasteiger partial charge in [-0.15, -0.1) is 0 Å². The van der Waals surface area contributed by atoms with Crippen LogP contribution in [0.2, 0.25) is 0 Å². The Balaban J connectivity index is 1.87. The van der Waals surface area contributed by atoms with E-state index < -0.39 is 0 Å². The first-order chi connectivity index (χ1) is 9.67. The van der Waals surface area contributed by atoms with Crippen molar-refractivity contribution in [1.82, 2.24) is 0 Å². The highest BCUT2D eigenvalue weighted by Crippen LogP contribution is 2.12. The highest BCUT2D eigenvalue weighted by atomic mass is 16.5. The molecular weight excluding hydrogens is 254 g/mol. The lowest BCUT2D eigenvalue weighted by Crippen LogP contribution is -2.20. The topological polar surface area (TPSA) is 55.4 Å². The van der Waals surface area contributed by atoms with Crippen LogP contribution in [0, 0.1) is 6.92 Å². The second kappa shape index (κ2) is 6.52. The van der Waals surface area contributed by atoms with E-state index in [0.717, 1.165) is 17.5 Å². The van der Waals surface area contributed by atoms with Crippen LogP contribution in [0.3, 0.4) is 0 Å². The molecule has 0 unspecified atom stereocenters. The van der Waals surface area contributed by atoms with Gasteiger partial charge in [-0.3, -0.25) is 9.59 Å². The Kier molecular flexibility index (Phi) is 4.50. The fourth-order valence-corrected chi connectivity index (χ4v) is 1.71. The third-order valence-electron chi connectivity index (χ3n) is 2.69. The maximum atomic E-state index is 11.7. The molecule has 1 N–H and O–H groups in total. The fraction of sp³-hybridized carbons (Fsp3) is 0.125. The summed E-state index contributed by atoms with van der Waals surface area (Å²) in [6.45, 7) is 1.88. The van der Waals surface area contributed by atoms with Gasteiger partial charge in [0.2, 0.25) is 0 Å². The molecule has 102 valence electrons. The largest absolute Gasteiger partial charge is 0.484 e. The number of amides is 1. The molecule has 0 saturated heterocycles. The van der Waals surface area contributed by atoms with E-state index in [1.54, 1.807) is 24.3 Å². The molecule has 2 rings (SSSR count). The highest BCUT2D eigenvalue weighted by molar-refractivity contribution is 5.91. The van der Waals surface area contributed by atoms with Crippen molar-refractivity contribution in [2.45, 2.75) is 6.92 Å². The fourth-order valence-electron chi connectivity index (χ4n) is 1.71. The number of benzene rings is 2. The molecule has 0 heterocycles. The molecule has 0 atom stereocenters. The van der Waals surface area contributed by atoms with Gasteiger partial charge in [0.05, 0.1) is 0 Å². The average Bonchev–Trinajstić information content (AvgIpc) is 2.46. The zero-order valence-corrected chi connectivity index (χ0v) is 11.1. The lowest BCUT2D eigenvalue weighted by atomic mass is 10.2. The highest BCUT2D eigenvalue weighted by Gasteiger charge is 2.04. The summed E-state index contributed by atoms with van der Waals surface area (Å²) < 4.78 is 5.34. The molecular formula is C16H15NO3. The summed E-state index contributed by atoms with van der Waals surface area (Å²) >= 11 is 0. The third kappa shape index (κ3) is 3.95. The maximum Gasteiger partial charge on any atom is 0.262 e. The number of ether oxygens (including phenoxy) is 1. The molecule has 0 aliphatic carbocycles. The summed E-state index contributed by atoms with van der Waals surface area (Å²) in [5.74, 6) is 0.324. The van der Waals surface area contributed by atoms with E-state index >= 15 is 0 Å². The Labute approximate surface area is 117 Å². The number of aryl methyl sites for hydroxylation is 1. The average molecular weight is 269 g/mol. The number of hydrogen-bond donors (Lipinski definition) is 1. The van der Waals surface area contributed by atoms with E-state index in [1.165, 1.54) is 0 Å². The minimum Gasteiger partial charge on any atom is -0.484 e. The quantitative estimate of drug-likeness (QED) is 0.849. The van der Waals surface area contributed by atoms with Gasteiger partial charge in [0.1, 0.15) is 12.0 Å². The summed E-state index contributed by atoms with van der Waals surface area (Å²) in [5.41, 5.74) is 2.39. The number of aldehydes is 1. The normalized spacial score (nSPS) is 9.85. The Morgan fingerprint density at radius 2 is 1.95 bits per heavy atom. The van der Waals surface area contributed by atoms with Gasteiger partial charge in [0.15, 0.2) is 6.61 Å². The van der Waals surface area contributed by atoms with Crippen molar-refractivity contribution in [2.24, 2.45) is 0 Å². The van der Waals surface area contributed by atoms with Crippen LogP contribution in [-0.2, 0) is 4.79 Å². The number of carbonyl (C=O) groups is 2. The van der Waals surface area contributed by atoms with E-state index in [4.69, 9.17) is 4.74 Å². The molecule has 0 spiro atoms. The number of nitrogens with one attached hydrogen (secondary N) is 1. The molecule has 0 radical (unpaired) electrons. The van der Waals surface area contributed by atoms with Crippen molar-refractivity contribution in [3.63, 3.8) is 0 Å². The molecule has 0 aromatic heterocycles. The van der Waals surface area contributed by atoms with Crippen LogP contribution in [0.5, 0.6) is 5.75 Å². The summed E-state index contributed by atoms with van der Waals surface area (Å²) in [7, 11) is 0. The number of carbonyl (C=O) groups excluding carboxylic acids is 2. The predicted molar refractivity (Wildman–Crippen MR) is 77.1 cm³/mol. The molecule has 4 nitrogen and oxygen atoms in total. The van der Waals surface area contributed by atoms with Crippen molar-refractivity contribution in [1.29, 1.82) is 0 Å². The van der Waals surface area contributed by atoms with Gasteiger partial charge in [-0.05, 0) is 48.9 Å². The first-order valence-corrected chi connectivity index (χ1v) is 6.22. The SMILES string of the molecule is Cc1cccc(NC(=O)COc2ccc(C=O)cc2)c1. The molecule has 2 aromatic carbocycles. The summed E-state index contributed by atoms with van der Waals surface area (Å²) in [5, 5.41) is 2.76. The van der Waals surface area contributed by atoms with Crippen molar-refractivity contribution < 1.29 is 14.3 Å². The zero-order valence-electron chi connectivity index (χ0n) is 11.1. The minimum absolute atomic E-state index is 0.0750. The first-order valence-electron chi connectivity index (χ1n) is 6.22. The van der Waals surface area contributed by atoms with Gasteiger partial charge in [-0.2, -0.15) is 0 Å². The molecule has 0 aliphatic heterocycles. The molecule has 2 aromatic rings. The predicted octanol–water partition coefficient (Wildman–Crippen LogP) is 2.83.